The van der Waals surface area contributed by atoms with Gasteiger partial charge in [0, 0.05) is 12.2 Å². The molecule has 1 saturated carbocycles. The molecule has 0 radical (unpaired) electrons. The third-order valence-corrected chi connectivity index (χ3v) is 4.44. The third kappa shape index (κ3) is 3.18. The van der Waals surface area contributed by atoms with Gasteiger partial charge in [-0.25, -0.2) is 4.98 Å². The zero-order valence-corrected chi connectivity index (χ0v) is 12.7. The number of hydrogen-bond donors (Lipinski definition) is 2. The van der Waals surface area contributed by atoms with E-state index < -0.39 is 5.41 Å². The van der Waals surface area contributed by atoms with Gasteiger partial charge in [-0.2, -0.15) is 0 Å². The molecule has 0 unspecified atom stereocenters. The molecule has 0 saturated heterocycles. The molecule has 0 bridgehead atoms. The monoisotopic (exact) mass is 275 g/mol. The molecule has 0 aromatic carbocycles. The molecule has 1 aliphatic carbocycles. The second-order valence-electron chi connectivity index (χ2n) is 6.29. The first-order valence-corrected chi connectivity index (χ1v) is 7.42. The first-order chi connectivity index (χ1) is 9.45. The van der Waals surface area contributed by atoms with Crippen molar-refractivity contribution in [2.24, 2.45) is 17.1 Å². The minimum absolute atomic E-state index is 0.0319. The molecule has 0 aliphatic heterocycles. The lowest BCUT2D eigenvalue weighted by molar-refractivity contribution is -0.127. The molecule has 2 rings (SSSR count). The fourth-order valence-electron chi connectivity index (χ4n) is 2.99. The molecule has 20 heavy (non-hydrogen) atoms. The zero-order valence-electron chi connectivity index (χ0n) is 12.7. The Bertz CT molecular complexity index is 470. The Hall–Kier alpha value is -1.42. The van der Waals surface area contributed by atoms with Gasteiger partial charge in [-0.05, 0) is 63.1 Å². The molecule has 0 spiro atoms. The molecule has 1 amide bonds. The van der Waals surface area contributed by atoms with Crippen LogP contribution in [0.2, 0.25) is 0 Å². The number of carbonyl (C=O) groups is 1. The maximum absolute atomic E-state index is 12.6. The first kappa shape index (κ1) is 15.0. The molecule has 1 fully saturated rings. The highest BCUT2D eigenvalue weighted by Crippen LogP contribution is 2.38. The Morgan fingerprint density at radius 3 is 2.60 bits per heavy atom. The number of carbonyl (C=O) groups excluding carboxylic acids is 1. The van der Waals surface area contributed by atoms with Gasteiger partial charge in [-0.3, -0.25) is 4.79 Å². The van der Waals surface area contributed by atoms with Crippen molar-refractivity contribution in [3.05, 3.63) is 23.4 Å². The van der Waals surface area contributed by atoms with Crippen molar-refractivity contribution in [2.45, 2.75) is 46.5 Å². The second kappa shape index (κ2) is 5.92. The normalized spacial score (nSPS) is 26.3. The SMILES string of the molecule is Cc1cc(C)nc(NC(=O)C2(CN)CCC(C)CC2)c1. The number of aryl methyl sites for hydroxylation is 2. The average molecular weight is 275 g/mol. The van der Waals surface area contributed by atoms with Crippen LogP contribution in [0.5, 0.6) is 0 Å². The van der Waals surface area contributed by atoms with E-state index >= 15 is 0 Å². The van der Waals surface area contributed by atoms with Gasteiger partial charge in [-0.1, -0.05) is 6.92 Å². The van der Waals surface area contributed by atoms with Gasteiger partial charge in [0.1, 0.15) is 5.82 Å². The van der Waals surface area contributed by atoms with E-state index in [1.807, 2.05) is 26.0 Å². The predicted molar refractivity (Wildman–Crippen MR) is 81.5 cm³/mol. The zero-order chi connectivity index (χ0) is 14.8. The lowest BCUT2D eigenvalue weighted by Gasteiger charge is -2.37. The summed E-state index contributed by atoms with van der Waals surface area (Å²) < 4.78 is 0. The van der Waals surface area contributed by atoms with Crippen LogP contribution in [0.15, 0.2) is 12.1 Å². The summed E-state index contributed by atoms with van der Waals surface area (Å²) in [5, 5.41) is 2.97. The van der Waals surface area contributed by atoms with Crippen molar-refractivity contribution in [2.75, 3.05) is 11.9 Å². The van der Waals surface area contributed by atoms with E-state index in [4.69, 9.17) is 5.73 Å². The fraction of sp³-hybridized carbons (Fsp3) is 0.625. The largest absolute Gasteiger partial charge is 0.329 e. The Labute approximate surface area is 121 Å². The predicted octanol–water partition coefficient (Wildman–Crippen LogP) is 2.79. The van der Waals surface area contributed by atoms with Gasteiger partial charge in [0.05, 0.1) is 5.41 Å². The lowest BCUT2D eigenvalue weighted by atomic mass is 9.70. The minimum Gasteiger partial charge on any atom is -0.329 e. The molecule has 4 nitrogen and oxygen atoms in total. The van der Waals surface area contributed by atoms with Crippen molar-refractivity contribution in [1.29, 1.82) is 0 Å². The molecule has 1 aromatic heterocycles. The Morgan fingerprint density at radius 1 is 1.40 bits per heavy atom. The number of anilines is 1. The lowest BCUT2D eigenvalue weighted by Crippen LogP contribution is -2.45. The number of nitrogens with one attached hydrogen (secondary N) is 1. The van der Waals surface area contributed by atoms with Gasteiger partial charge < -0.3 is 11.1 Å². The van der Waals surface area contributed by atoms with E-state index in [2.05, 4.69) is 17.2 Å². The van der Waals surface area contributed by atoms with E-state index in [1.165, 1.54) is 0 Å². The summed E-state index contributed by atoms with van der Waals surface area (Å²) in [6, 6.07) is 3.90. The number of amides is 1. The van der Waals surface area contributed by atoms with Gasteiger partial charge in [0.25, 0.3) is 0 Å². The highest BCUT2D eigenvalue weighted by Gasteiger charge is 2.39. The van der Waals surface area contributed by atoms with Crippen molar-refractivity contribution >= 4 is 11.7 Å². The van der Waals surface area contributed by atoms with Crippen LogP contribution in [0.1, 0.15) is 43.9 Å². The van der Waals surface area contributed by atoms with Gasteiger partial charge >= 0.3 is 0 Å². The van der Waals surface area contributed by atoms with Crippen molar-refractivity contribution in [1.82, 2.24) is 4.98 Å². The van der Waals surface area contributed by atoms with E-state index in [0.29, 0.717) is 18.3 Å². The van der Waals surface area contributed by atoms with E-state index in [1.54, 1.807) is 0 Å². The van der Waals surface area contributed by atoms with Crippen molar-refractivity contribution in [3.63, 3.8) is 0 Å². The molecule has 1 aromatic rings. The van der Waals surface area contributed by atoms with Gasteiger partial charge in [0.15, 0.2) is 0 Å². The molecule has 110 valence electrons. The van der Waals surface area contributed by atoms with E-state index in [9.17, 15) is 4.79 Å². The maximum Gasteiger partial charge on any atom is 0.233 e. The van der Waals surface area contributed by atoms with Crippen LogP contribution in [-0.4, -0.2) is 17.4 Å². The molecule has 4 heteroatoms. The van der Waals surface area contributed by atoms with Crippen molar-refractivity contribution < 1.29 is 4.79 Å². The Kier molecular flexibility index (Phi) is 4.43. The Morgan fingerprint density at radius 2 is 2.05 bits per heavy atom. The quantitative estimate of drug-likeness (QED) is 0.891. The number of nitrogens with two attached hydrogens (primary N) is 1. The van der Waals surface area contributed by atoms with Crippen LogP contribution in [0, 0.1) is 25.2 Å². The van der Waals surface area contributed by atoms with Crippen LogP contribution in [0.3, 0.4) is 0 Å². The van der Waals surface area contributed by atoms with E-state index in [-0.39, 0.29) is 5.91 Å². The summed E-state index contributed by atoms with van der Waals surface area (Å²) in [6.45, 7) is 6.59. The summed E-state index contributed by atoms with van der Waals surface area (Å²) in [5.74, 6) is 1.37. The topological polar surface area (TPSA) is 68.0 Å². The summed E-state index contributed by atoms with van der Waals surface area (Å²) >= 11 is 0. The number of pyridine rings is 1. The maximum atomic E-state index is 12.6. The molecule has 1 heterocycles. The van der Waals surface area contributed by atoms with Crippen LogP contribution in [0.4, 0.5) is 5.82 Å². The number of nitrogens with zero attached hydrogens (tertiary/aromatic N) is 1. The second-order valence-corrected chi connectivity index (χ2v) is 6.29. The highest BCUT2D eigenvalue weighted by molar-refractivity contribution is 5.94. The van der Waals surface area contributed by atoms with Gasteiger partial charge in [0.2, 0.25) is 5.91 Å². The standard InChI is InChI=1S/C16H25N3O/c1-11-4-6-16(10-17,7-5-11)15(20)19-14-9-12(2)8-13(3)18-14/h8-9,11H,4-7,10,17H2,1-3H3,(H,18,19,20). The molecular formula is C16H25N3O. The van der Waals surface area contributed by atoms with Crippen LogP contribution in [-0.2, 0) is 4.79 Å². The average Bonchev–Trinajstić information content (AvgIpc) is 2.38. The molecular weight excluding hydrogens is 250 g/mol. The first-order valence-electron chi connectivity index (χ1n) is 7.42. The summed E-state index contributed by atoms with van der Waals surface area (Å²) in [5.41, 5.74) is 7.53. The Balaban J connectivity index is 2.13. The smallest absolute Gasteiger partial charge is 0.233 e. The summed E-state index contributed by atoms with van der Waals surface area (Å²) in [7, 11) is 0. The number of aromatic nitrogens is 1. The fourth-order valence-corrected chi connectivity index (χ4v) is 2.99. The summed E-state index contributed by atoms with van der Waals surface area (Å²) in [4.78, 5) is 17.0. The third-order valence-electron chi connectivity index (χ3n) is 4.44. The van der Waals surface area contributed by atoms with Crippen LogP contribution >= 0.6 is 0 Å². The van der Waals surface area contributed by atoms with Gasteiger partial charge in [-0.15, -0.1) is 0 Å². The highest BCUT2D eigenvalue weighted by atomic mass is 16.2. The van der Waals surface area contributed by atoms with Crippen LogP contribution < -0.4 is 11.1 Å². The molecule has 0 atom stereocenters. The molecule has 3 N–H and O–H groups in total. The minimum atomic E-state index is -0.411. The summed E-state index contributed by atoms with van der Waals surface area (Å²) in [6.07, 6.45) is 3.90. The number of rotatable bonds is 3. The number of hydrogen-bond acceptors (Lipinski definition) is 3. The molecule has 1 aliphatic rings. The van der Waals surface area contributed by atoms with Crippen molar-refractivity contribution in [3.8, 4) is 0 Å². The van der Waals surface area contributed by atoms with Crippen LogP contribution in [0.25, 0.3) is 0 Å². The van der Waals surface area contributed by atoms with E-state index in [0.717, 1.165) is 36.9 Å².